The molecule has 0 saturated heterocycles. The fraction of sp³-hybridized carbons (Fsp3) is 0.375. The van der Waals surface area contributed by atoms with E-state index in [0.29, 0.717) is 0 Å². The minimum absolute atomic E-state index is 0.219. The van der Waals surface area contributed by atoms with Crippen LogP contribution in [0.2, 0.25) is 0 Å². The molecule has 1 aromatic rings. The van der Waals surface area contributed by atoms with Gasteiger partial charge < -0.3 is 5.11 Å². The molecule has 0 aliphatic heterocycles. The van der Waals surface area contributed by atoms with E-state index in [2.05, 4.69) is 4.98 Å². The van der Waals surface area contributed by atoms with E-state index in [1.165, 1.54) is 6.92 Å². The number of hydrogen-bond acceptors (Lipinski definition) is 2. The zero-order valence-corrected chi connectivity index (χ0v) is 6.89. The average molecular weight is 191 g/mol. The van der Waals surface area contributed by atoms with Gasteiger partial charge in [-0.05, 0) is 18.6 Å². The first-order valence-corrected chi connectivity index (χ1v) is 3.61. The van der Waals surface area contributed by atoms with Gasteiger partial charge in [-0.1, -0.05) is 0 Å². The molecule has 5 heteroatoms. The van der Waals surface area contributed by atoms with Gasteiger partial charge in [-0.3, -0.25) is 0 Å². The second kappa shape index (κ2) is 3.74. The molecular formula is C8H8F3NO. The van der Waals surface area contributed by atoms with Gasteiger partial charge in [0.15, 0.2) is 0 Å². The number of aliphatic hydroxyl groups is 1. The Balaban J connectivity index is 3.22. The van der Waals surface area contributed by atoms with E-state index < -0.39 is 24.5 Å². The Kier molecular flexibility index (Phi) is 2.87. The zero-order chi connectivity index (χ0) is 10.0. The first-order chi connectivity index (χ1) is 6.06. The molecule has 0 aromatic carbocycles. The van der Waals surface area contributed by atoms with Crippen LogP contribution in [0.5, 0.6) is 0 Å². The van der Waals surface area contributed by atoms with Gasteiger partial charge in [-0.2, -0.15) is 4.39 Å². The minimum atomic E-state index is -2.90. The SMILES string of the molecule is Cc1nc(F)c(C(F)F)cc1CO. The van der Waals surface area contributed by atoms with Crippen molar-refractivity contribution in [2.75, 3.05) is 0 Å². The molecule has 13 heavy (non-hydrogen) atoms. The van der Waals surface area contributed by atoms with Gasteiger partial charge in [0, 0.05) is 5.69 Å². The highest BCUT2D eigenvalue weighted by atomic mass is 19.3. The first-order valence-electron chi connectivity index (χ1n) is 3.61. The van der Waals surface area contributed by atoms with Crippen molar-refractivity contribution in [2.45, 2.75) is 20.0 Å². The van der Waals surface area contributed by atoms with Gasteiger partial charge in [-0.25, -0.2) is 13.8 Å². The molecule has 2 nitrogen and oxygen atoms in total. The monoisotopic (exact) mass is 191 g/mol. The molecule has 0 aliphatic rings. The lowest BCUT2D eigenvalue weighted by atomic mass is 10.1. The van der Waals surface area contributed by atoms with E-state index in [1.54, 1.807) is 0 Å². The molecule has 0 unspecified atom stereocenters. The molecule has 0 radical (unpaired) electrons. The number of pyridine rings is 1. The number of aromatic nitrogens is 1. The standard InChI is InChI=1S/C8H8F3NO/c1-4-5(3-13)2-6(7(9)10)8(11)12-4/h2,7,13H,3H2,1H3. The van der Waals surface area contributed by atoms with Crippen molar-refractivity contribution in [1.29, 1.82) is 0 Å². The van der Waals surface area contributed by atoms with Gasteiger partial charge in [0.05, 0.1) is 12.2 Å². The molecule has 0 saturated carbocycles. The van der Waals surface area contributed by atoms with E-state index >= 15 is 0 Å². The molecule has 72 valence electrons. The Bertz CT molecular complexity index is 315. The summed E-state index contributed by atoms with van der Waals surface area (Å²) in [5, 5.41) is 8.71. The fourth-order valence-electron chi connectivity index (χ4n) is 0.948. The van der Waals surface area contributed by atoms with Crippen molar-refractivity contribution in [3.8, 4) is 0 Å². The van der Waals surface area contributed by atoms with Crippen LogP contribution >= 0.6 is 0 Å². The highest BCUT2D eigenvalue weighted by Crippen LogP contribution is 2.22. The van der Waals surface area contributed by atoms with Gasteiger partial charge >= 0.3 is 0 Å². The number of hydrogen-bond donors (Lipinski definition) is 1. The number of alkyl halides is 2. The predicted molar refractivity (Wildman–Crippen MR) is 39.8 cm³/mol. The number of aliphatic hydroxyl groups excluding tert-OH is 1. The molecule has 0 spiro atoms. The summed E-state index contributed by atoms with van der Waals surface area (Å²) >= 11 is 0. The highest BCUT2D eigenvalue weighted by Gasteiger charge is 2.16. The normalized spacial score (nSPS) is 10.9. The lowest BCUT2D eigenvalue weighted by Gasteiger charge is -2.06. The number of aryl methyl sites for hydroxylation is 1. The second-order valence-electron chi connectivity index (χ2n) is 2.57. The summed E-state index contributed by atoms with van der Waals surface area (Å²) in [6.45, 7) is 1.03. The van der Waals surface area contributed by atoms with E-state index in [9.17, 15) is 13.2 Å². The lowest BCUT2D eigenvalue weighted by Crippen LogP contribution is -2.01. The van der Waals surface area contributed by atoms with Crippen LogP contribution in [0.4, 0.5) is 13.2 Å². The van der Waals surface area contributed by atoms with Crippen molar-refractivity contribution in [2.24, 2.45) is 0 Å². The summed E-state index contributed by atoms with van der Waals surface area (Å²) in [5.41, 5.74) is -0.323. The maximum Gasteiger partial charge on any atom is 0.268 e. The number of halogens is 3. The predicted octanol–water partition coefficient (Wildman–Crippen LogP) is 1.96. The van der Waals surface area contributed by atoms with Crippen LogP contribution in [0.1, 0.15) is 23.2 Å². The summed E-state index contributed by atoms with van der Waals surface area (Å²) < 4.78 is 37.0. The smallest absolute Gasteiger partial charge is 0.268 e. The van der Waals surface area contributed by atoms with Gasteiger partial charge in [0.1, 0.15) is 0 Å². The van der Waals surface area contributed by atoms with Crippen LogP contribution in [0.15, 0.2) is 6.07 Å². The van der Waals surface area contributed by atoms with Crippen molar-refractivity contribution >= 4 is 0 Å². The van der Waals surface area contributed by atoms with E-state index in [1.807, 2.05) is 0 Å². The van der Waals surface area contributed by atoms with Crippen LogP contribution < -0.4 is 0 Å². The lowest BCUT2D eigenvalue weighted by molar-refractivity contribution is 0.144. The van der Waals surface area contributed by atoms with Crippen LogP contribution in [0.25, 0.3) is 0 Å². The highest BCUT2D eigenvalue weighted by molar-refractivity contribution is 5.25. The third kappa shape index (κ3) is 1.98. The van der Waals surface area contributed by atoms with Gasteiger partial charge in [-0.15, -0.1) is 0 Å². The minimum Gasteiger partial charge on any atom is -0.392 e. The molecule has 1 aromatic heterocycles. The fourth-order valence-corrected chi connectivity index (χ4v) is 0.948. The Morgan fingerprint density at radius 3 is 2.62 bits per heavy atom. The summed E-state index contributed by atoms with van der Waals surface area (Å²) in [6, 6.07) is 0.933. The number of rotatable bonds is 2. The quantitative estimate of drug-likeness (QED) is 0.725. The molecule has 0 amide bonds. The first kappa shape index (κ1) is 9.98. The molecule has 1 rings (SSSR count). The zero-order valence-electron chi connectivity index (χ0n) is 6.89. The Labute approximate surface area is 73.0 Å². The molecule has 1 heterocycles. The summed E-state index contributed by atoms with van der Waals surface area (Å²) in [5.74, 6) is -1.18. The summed E-state index contributed by atoms with van der Waals surface area (Å²) in [4.78, 5) is 3.26. The largest absolute Gasteiger partial charge is 0.392 e. The Morgan fingerprint density at radius 1 is 1.54 bits per heavy atom. The van der Waals surface area contributed by atoms with E-state index in [0.717, 1.165) is 6.07 Å². The molecule has 0 bridgehead atoms. The van der Waals surface area contributed by atoms with E-state index in [-0.39, 0.29) is 11.3 Å². The average Bonchev–Trinajstić information content (AvgIpc) is 2.03. The van der Waals surface area contributed by atoms with Crippen molar-refractivity contribution < 1.29 is 18.3 Å². The Hall–Kier alpha value is -1.10. The number of nitrogens with zero attached hydrogens (tertiary/aromatic N) is 1. The topological polar surface area (TPSA) is 33.1 Å². The molecule has 0 aliphatic carbocycles. The van der Waals surface area contributed by atoms with Crippen LogP contribution in [-0.4, -0.2) is 10.1 Å². The molecule has 0 fully saturated rings. The van der Waals surface area contributed by atoms with Crippen LogP contribution in [0.3, 0.4) is 0 Å². The summed E-state index contributed by atoms with van der Waals surface area (Å²) in [6.07, 6.45) is -2.90. The third-order valence-electron chi connectivity index (χ3n) is 1.70. The molecular weight excluding hydrogens is 183 g/mol. The second-order valence-corrected chi connectivity index (χ2v) is 2.57. The van der Waals surface area contributed by atoms with Crippen LogP contribution in [0, 0.1) is 12.9 Å². The van der Waals surface area contributed by atoms with Crippen molar-refractivity contribution in [1.82, 2.24) is 4.98 Å². The Morgan fingerprint density at radius 2 is 2.15 bits per heavy atom. The third-order valence-corrected chi connectivity index (χ3v) is 1.70. The van der Waals surface area contributed by atoms with Crippen LogP contribution in [-0.2, 0) is 6.61 Å². The maximum absolute atomic E-state index is 12.7. The van der Waals surface area contributed by atoms with Crippen molar-refractivity contribution in [3.63, 3.8) is 0 Å². The molecule has 1 N–H and O–H groups in total. The van der Waals surface area contributed by atoms with Crippen molar-refractivity contribution in [3.05, 3.63) is 28.8 Å². The molecule has 0 atom stereocenters. The van der Waals surface area contributed by atoms with E-state index in [4.69, 9.17) is 5.11 Å². The van der Waals surface area contributed by atoms with Gasteiger partial charge in [0.2, 0.25) is 5.95 Å². The van der Waals surface area contributed by atoms with Gasteiger partial charge in [0.25, 0.3) is 6.43 Å². The summed E-state index contributed by atoms with van der Waals surface area (Å²) in [7, 11) is 0. The maximum atomic E-state index is 12.7.